The molecule has 0 spiro atoms. The molecule has 1 heterocycles. The summed E-state index contributed by atoms with van der Waals surface area (Å²) in [6.07, 6.45) is 1.67. The molecular formula is C18H27N3O4. The summed E-state index contributed by atoms with van der Waals surface area (Å²) in [5, 5.41) is 2.89. The Bertz CT molecular complexity index is 606. The van der Waals surface area contributed by atoms with Crippen molar-refractivity contribution in [1.82, 2.24) is 15.1 Å². The largest absolute Gasteiger partial charge is 0.493 e. The second-order valence-electron chi connectivity index (χ2n) is 5.93. The molecular weight excluding hydrogens is 322 g/mol. The third-order valence-corrected chi connectivity index (χ3v) is 4.23. The number of amides is 3. The Hall–Kier alpha value is -2.44. The van der Waals surface area contributed by atoms with Crippen molar-refractivity contribution in [2.24, 2.45) is 0 Å². The predicted molar refractivity (Wildman–Crippen MR) is 95.3 cm³/mol. The average molecular weight is 349 g/mol. The molecule has 1 aliphatic heterocycles. The van der Waals surface area contributed by atoms with Crippen molar-refractivity contribution in [3.05, 3.63) is 23.8 Å². The van der Waals surface area contributed by atoms with Crippen LogP contribution in [0.25, 0.3) is 0 Å². The van der Waals surface area contributed by atoms with Crippen LogP contribution in [0.4, 0.5) is 4.79 Å². The first-order chi connectivity index (χ1) is 12.1. The van der Waals surface area contributed by atoms with Gasteiger partial charge in [0, 0.05) is 38.3 Å². The summed E-state index contributed by atoms with van der Waals surface area (Å²) in [5.74, 6) is 1.06. The van der Waals surface area contributed by atoms with Gasteiger partial charge in [-0.3, -0.25) is 4.79 Å². The zero-order chi connectivity index (χ0) is 18.2. The summed E-state index contributed by atoms with van der Waals surface area (Å²) < 4.78 is 10.5. The number of hydrogen-bond donors (Lipinski definition) is 1. The predicted octanol–water partition coefficient (Wildman–Crippen LogP) is 1.97. The minimum atomic E-state index is -0.0585. The van der Waals surface area contributed by atoms with E-state index in [-0.39, 0.29) is 11.9 Å². The quantitative estimate of drug-likeness (QED) is 0.882. The first-order valence-electron chi connectivity index (χ1n) is 8.64. The summed E-state index contributed by atoms with van der Waals surface area (Å²) >= 11 is 0. The molecule has 1 N–H and O–H groups in total. The Balaban J connectivity index is 2.02. The van der Waals surface area contributed by atoms with Gasteiger partial charge in [-0.1, -0.05) is 6.92 Å². The van der Waals surface area contributed by atoms with Crippen molar-refractivity contribution in [2.75, 3.05) is 46.9 Å². The van der Waals surface area contributed by atoms with E-state index in [4.69, 9.17) is 9.47 Å². The smallest absolute Gasteiger partial charge is 0.317 e. The van der Waals surface area contributed by atoms with Crippen LogP contribution in [-0.2, 0) is 0 Å². The van der Waals surface area contributed by atoms with E-state index in [0.29, 0.717) is 49.8 Å². The normalized spacial score (nSPS) is 14.7. The van der Waals surface area contributed by atoms with E-state index in [2.05, 4.69) is 5.32 Å². The van der Waals surface area contributed by atoms with Gasteiger partial charge in [-0.15, -0.1) is 0 Å². The Labute approximate surface area is 148 Å². The van der Waals surface area contributed by atoms with E-state index in [1.807, 2.05) is 6.92 Å². The van der Waals surface area contributed by atoms with Crippen molar-refractivity contribution in [3.63, 3.8) is 0 Å². The van der Waals surface area contributed by atoms with Gasteiger partial charge in [0.15, 0.2) is 11.5 Å². The molecule has 0 bridgehead atoms. The molecule has 0 saturated carbocycles. The lowest BCUT2D eigenvalue weighted by Gasteiger charge is -2.22. The standard InChI is InChI=1S/C18H27N3O4/c1-4-8-19-18(23)21-10-5-9-20(11-12-21)17(22)14-6-7-15(24-2)16(13-14)25-3/h6-7,13H,4-5,8-12H2,1-3H3,(H,19,23). The molecule has 0 aromatic heterocycles. The third-order valence-electron chi connectivity index (χ3n) is 4.23. The molecule has 0 aliphatic carbocycles. The van der Waals surface area contributed by atoms with E-state index < -0.39 is 0 Å². The van der Waals surface area contributed by atoms with Crippen LogP contribution in [0.2, 0.25) is 0 Å². The minimum absolute atomic E-state index is 0.0535. The molecule has 1 aromatic carbocycles. The van der Waals surface area contributed by atoms with Crippen LogP contribution in [0.5, 0.6) is 11.5 Å². The molecule has 3 amide bonds. The van der Waals surface area contributed by atoms with E-state index in [9.17, 15) is 9.59 Å². The van der Waals surface area contributed by atoms with E-state index in [0.717, 1.165) is 12.8 Å². The fourth-order valence-corrected chi connectivity index (χ4v) is 2.82. The number of hydrogen-bond acceptors (Lipinski definition) is 4. The van der Waals surface area contributed by atoms with Crippen LogP contribution >= 0.6 is 0 Å². The van der Waals surface area contributed by atoms with Crippen LogP contribution in [0.3, 0.4) is 0 Å². The highest BCUT2D eigenvalue weighted by atomic mass is 16.5. The third kappa shape index (κ3) is 4.78. The fourth-order valence-electron chi connectivity index (χ4n) is 2.82. The number of benzene rings is 1. The van der Waals surface area contributed by atoms with Gasteiger partial charge in [-0.25, -0.2) is 4.79 Å². The van der Waals surface area contributed by atoms with Crippen molar-refractivity contribution in [1.29, 1.82) is 0 Å². The number of carbonyl (C=O) groups excluding carboxylic acids is 2. The van der Waals surface area contributed by atoms with Crippen LogP contribution in [0.15, 0.2) is 18.2 Å². The number of ether oxygens (including phenoxy) is 2. The maximum absolute atomic E-state index is 12.8. The highest BCUT2D eigenvalue weighted by Crippen LogP contribution is 2.28. The first-order valence-corrected chi connectivity index (χ1v) is 8.64. The molecule has 2 rings (SSSR count). The average Bonchev–Trinajstić information content (AvgIpc) is 2.91. The Morgan fingerprint density at radius 2 is 1.72 bits per heavy atom. The Morgan fingerprint density at radius 3 is 2.40 bits per heavy atom. The van der Waals surface area contributed by atoms with Gasteiger partial charge < -0.3 is 24.6 Å². The number of carbonyl (C=O) groups is 2. The number of nitrogens with zero attached hydrogens (tertiary/aromatic N) is 2. The van der Waals surface area contributed by atoms with Gasteiger partial charge in [0.05, 0.1) is 14.2 Å². The van der Waals surface area contributed by atoms with Crippen molar-refractivity contribution < 1.29 is 19.1 Å². The molecule has 0 unspecified atom stereocenters. The molecule has 1 aromatic rings. The van der Waals surface area contributed by atoms with Crippen molar-refractivity contribution >= 4 is 11.9 Å². The molecule has 1 saturated heterocycles. The molecule has 0 atom stereocenters. The summed E-state index contributed by atoms with van der Waals surface area (Å²) in [6.45, 7) is 5.03. The first kappa shape index (κ1) is 18.9. The molecule has 25 heavy (non-hydrogen) atoms. The van der Waals surface area contributed by atoms with Crippen LogP contribution < -0.4 is 14.8 Å². The van der Waals surface area contributed by atoms with Crippen LogP contribution in [0, 0.1) is 0 Å². The molecule has 7 nitrogen and oxygen atoms in total. The van der Waals surface area contributed by atoms with Gasteiger partial charge >= 0.3 is 6.03 Å². The second kappa shape index (κ2) is 9.15. The van der Waals surface area contributed by atoms with E-state index >= 15 is 0 Å². The van der Waals surface area contributed by atoms with Gasteiger partial charge in [-0.05, 0) is 31.0 Å². The number of urea groups is 1. The van der Waals surface area contributed by atoms with Crippen LogP contribution in [-0.4, -0.2) is 68.7 Å². The lowest BCUT2D eigenvalue weighted by Crippen LogP contribution is -2.42. The molecule has 138 valence electrons. The van der Waals surface area contributed by atoms with Gasteiger partial charge in [0.25, 0.3) is 5.91 Å². The highest BCUT2D eigenvalue weighted by Gasteiger charge is 2.23. The van der Waals surface area contributed by atoms with Crippen molar-refractivity contribution in [3.8, 4) is 11.5 Å². The maximum atomic E-state index is 12.8. The second-order valence-corrected chi connectivity index (χ2v) is 5.93. The zero-order valence-electron chi connectivity index (χ0n) is 15.2. The lowest BCUT2D eigenvalue weighted by molar-refractivity contribution is 0.0762. The topological polar surface area (TPSA) is 71.1 Å². The van der Waals surface area contributed by atoms with Crippen molar-refractivity contribution in [2.45, 2.75) is 19.8 Å². The zero-order valence-corrected chi connectivity index (χ0v) is 15.2. The summed E-state index contributed by atoms with van der Waals surface area (Å²) in [7, 11) is 3.11. The summed E-state index contributed by atoms with van der Waals surface area (Å²) in [4.78, 5) is 28.4. The SMILES string of the molecule is CCCNC(=O)N1CCCN(C(=O)c2ccc(OC)c(OC)c2)CC1. The Kier molecular flexibility index (Phi) is 6.91. The van der Waals surface area contributed by atoms with E-state index in [1.54, 1.807) is 42.2 Å². The maximum Gasteiger partial charge on any atom is 0.317 e. The van der Waals surface area contributed by atoms with Gasteiger partial charge in [-0.2, -0.15) is 0 Å². The molecule has 7 heteroatoms. The molecule has 0 radical (unpaired) electrons. The number of nitrogens with one attached hydrogen (secondary N) is 1. The van der Waals surface area contributed by atoms with Gasteiger partial charge in [0.1, 0.15) is 0 Å². The highest BCUT2D eigenvalue weighted by molar-refractivity contribution is 5.95. The molecule has 1 aliphatic rings. The fraction of sp³-hybridized carbons (Fsp3) is 0.556. The number of methoxy groups -OCH3 is 2. The lowest BCUT2D eigenvalue weighted by atomic mass is 10.1. The van der Waals surface area contributed by atoms with E-state index in [1.165, 1.54) is 0 Å². The summed E-state index contributed by atoms with van der Waals surface area (Å²) in [6, 6.07) is 5.11. The minimum Gasteiger partial charge on any atom is -0.493 e. The Morgan fingerprint density at radius 1 is 1.04 bits per heavy atom. The monoisotopic (exact) mass is 349 g/mol. The number of rotatable bonds is 5. The van der Waals surface area contributed by atoms with Gasteiger partial charge in [0.2, 0.25) is 0 Å². The van der Waals surface area contributed by atoms with Crippen LogP contribution in [0.1, 0.15) is 30.1 Å². The molecule has 1 fully saturated rings. The summed E-state index contributed by atoms with van der Waals surface area (Å²) in [5.41, 5.74) is 0.557.